The number of para-hydroxylation sites is 1. The monoisotopic (exact) mass is 348 g/mol. The number of aromatic nitrogens is 3. The largest absolute Gasteiger partial charge is 0.496 e. The molecule has 0 aliphatic heterocycles. The van der Waals surface area contributed by atoms with Crippen molar-refractivity contribution in [2.45, 2.75) is 24.9 Å². The molecule has 1 N–H and O–H groups in total. The zero-order valence-corrected chi connectivity index (χ0v) is 14.5. The maximum Gasteiger partial charge on any atom is 0.251 e. The van der Waals surface area contributed by atoms with Gasteiger partial charge in [0.15, 0.2) is 0 Å². The molecule has 1 aliphatic carbocycles. The third-order valence-electron chi connectivity index (χ3n) is 4.67. The van der Waals surface area contributed by atoms with Crippen LogP contribution in [0.25, 0.3) is 0 Å². The molecule has 3 aromatic rings. The molecule has 2 atom stereocenters. The van der Waals surface area contributed by atoms with Crippen LogP contribution >= 0.6 is 0 Å². The van der Waals surface area contributed by atoms with E-state index in [1.54, 1.807) is 18.1 Å². The SMILES string of the molecule is COc1ccccc1[C@H]1C[C@H]1NC(=O)c1ccc(Cn2cncn2)cc1. The summed E-state index contributed by atoms with van der Waals surface area (Å²) in [5, 5.41) is 7.20. The number of nitrogens with one attached hydrogen (secondary N) is 1. The number of ether oxygens (including phenoxy) is 1. The van der Waals surface area contributed by atoms with E-state index in [4.69, 9.17) is 4.74 Å². The zero-order chi connectivity index (χ0) is 17.9. The molecule has 1 aliphatic rings. The Bertz CT molecular complexity index is 890. The summed E-state index contributed by atoms with van der Waals surface area (Å²) in [5.41, 5.74) is 2.90. The van der Waals surface area contributed by atoms with Crippen LogP contribution < -0.4 is 10.1 Å². The molecule has 0 radical (unpaired) electrons. The highest BCUT2D eigenvalue weighted by Crippen LogP contribution is 2.44. The molecule has 132 valence electrons. The molecule has 0 spiro atoms. The molecule has 0 unspecified atom stereocenters. The Hall–Kier alpha value is -3.15. The summed E-state index contributed by atoms with van der Waals surface area (Å²) in [7, 11) is 1.68. The lowest BCUT2D eigenvalue weighted by Gasteiger charge is -2.09. The van der Waals surface area contributed by atoms with Crippen LogP contribution in [0.15, 0.2) is 61.2 Å². The van der Waals surface area contributed by atoms with E-state index in [0.717, 1.165) is 23.3 Å². The molecular weight excluding hydrogens is 328 g/mol. The van der Waals surface area contributed by atoms with E-state index >= 15 is 0 Å². The van der Waals surface area contributed by atoms with Gasteiger partial charge in [0.25, 0.3) is 5.91 Å². The Morgan fingerprint density at radius 2 is 2.04 bits per heavy atom. The quantitative estimate of drug-likeness (QED) is 0.743. The Labute approximate surface area is 151 Å². The number of hydrogen-bond acceptors (Lipinski definition) is 4. The summed E-state index contributed by atoms with van der Waals surface area (Å²) in [6.45, 7) is 0.639. The fourth-order valence-corrected chi connectivity index (χ4v) is 3.19. The van der Waals surface area contributed by atoms with E-state index in [-0.39, 0.29) is 11.9 Å². The van der Waals surface area contributed by atoms with Crippen molar-refractivity contribution in [3.05, 3.63) is 77.9 Å². The van der Waals surface area contributed by atoms with Crippen LogP contribution in [0.2, 0.25) is 0 Å². The van der Waals surface area contributed by atoms with Crippen molar-refractivity contribution in [3.63, 3.8) is 0 Å². The highest BCUT2D eigenvalue weighted by atomic mass is 16.5. The Morgan fingerprint density at radius 1 is 1.23 bits per heavy atom. The van der Waals surface area contributed by atoms with Gasteiger partial charge in [-0.3, -0.25) is 4.79 Å². The van der Waals surface area contributed by atoms with Crippen LogP contribution in [-0.2, 0) is 6.54 Å². The number of nitrogens with zero attached hydrogens (tertiary/aromatic N) is 3. The molecule has 6 nitrogen and oxygen atoms in total. The van der Waals surface area contributed by atoms with Gasteiger partial charge in [-0.25, -0.2) is 9.67 Å². The van der Waals surface area contributed by atoms with Gasteiger partial charge in [-0.15, -0.1) is 0 Å². The first-order chi connectivity index (χ1) is 12.7. The minimum atomic E-state index is -0.0419. The van der Waals surface area contributed by atoms with Crippen molar-refractivity contribution < 1.29 is 9.53 Å². The molecule has 2 aromatic carbocycles. The van der Waals surface area contributed by atoms with Gasteiger partial charge in [0, 0.05) is 17.5 Å². The number of amides is 1. The van der Waals surface area contributed by atoms with E-state index in [2.05, 4.69) is 21.5 Å². The van der Waals surface area contributed by atoms with Crippen molar-refractivity contribution in [1.29, 1.82) is 0 Å². The van der Waals surface area contributed by atoms with Crippen LogP contribution in [0.4, 0.5) is 0 Å². The first-order valence-electron chi connectivity index (χ1n) is 8.59. The van der Waals surface area contributed by atoms with Gasteiger partial charge < -0.3 is 10.1 Å². The van der Waals surface area contributed by atoms with Crippen molar-refractivity contribution in [1.82, 2.24) is 20.1 Å². The second-order valence-corrected chi connectivity index (χ2v) is 6.45. The Balaban J connectivity index is 1.37. The normalized spacial score (nSPS) is 18.3. The summed E-state index contributed by atoms with van der Waals surface area (Å²) >= 11 is 0. The van der Waals surface area contributed by atoms with E-state index in [0.29, 0.717) is 18.0 Å². The first kappa shape index (κ1) is 16.3. The fraction of sp³-hybridized carbons (Fsp3) is 0.250. The minimum absolute atomic E-state index is 0.0419. The Kier molecular flexibility index (Phi) is 4.39. The first-order valence-corrected chi connectivity index (χ1v) is 8.59. The Morgan fingerprint density at radius 3 is 2.77 bits per heavy atom. The molecule has 0 bridgehead atoms. The average Bonchev–Trinajstić information content (AvgIpc) is 3.24. The highest BCUT2D eigenvalue weighted by Gasteiger charge is 2.41. The van der Waals surface area contributed by atoms with E-state index < -0.39 is 0 Å². The van der Waals surface area contributed by atoms with Crippen molar-refractivity contribution in [3.8, 4) is 5.75 Å². The van der Waals surface area contributed by atoms with Gasteiger partial charge in [-0.1, -0.05) is 30.3 Å². The maximum absolute atomic E-state index is 12.5. The summed E-state index contributed by atoms with van der Waals surface area (Å²) in [6.07, 6.45) is 4.12. The smallest absolute Gasteiger partial charge is 0.251 e. The number of rotatable bonds is 6. The molecule has 1 fully saturated rings. The zero-order valence-electron chi connectivity index (χ0n) is 14.5. The number of carbonyl (C=O) groups excluding carboxylic acids is 1. The molecule has 26 heavy (non-hydrogen) atoms. The molecule has 1 heterocycles. The minimum Gasteiger partial charge on any atom is -0.496 e. The third kappa shape index (κ3) is 3.44. The average molecular weight is 348 g/mol. The second-order valence-electron chi connectivity index (χ2n) is 6.45. The van der Waals surface area contributed by atoms with Gasteiger partial charge >= 0.3 is 0 Å². The van der Waals surface area contributed by atoms with E-state index in [1.807, 2.05) is 42.5 Å². The predicted molar refractivity (Wildman–Crippen MR) is 97.2 cm³/mol. The van der Waals surface area contributed by atoms with Gasteiger partial charge in [0.2, 0.25) is 0 Å². The van der Waals surface area contributed by atoms with Crippen LogP contribution in [-0.4, -0.2) is 33.8 Å². The second kappa shape index (κ2) is 7.00. The van der Waals surface area contributed by atoms with E-state index in [9.17, 15) is 4.79 Å². The van der Waals surface area contributed by atoms with Gasteiger partial charge in [0.1, 0.15) is 18.4 Å². The molecular formula is C20H20N4O2. The molecule has 1 aromatic heterocycles. The molecule has 1 saturated carbocycles. The highest BCUT2D eigenvalue weighted by molar-refractivity contribution is 5.94. The summed E-state index contributed by atoms with van der Waals surface area (Å²) in [5.74, 6) is 1.16. The van der Waals surface area contributed by atoms with Crippen LogP contribution in [0.3, 0.4) is 0 Å². The molecule has 6 heteroatoms. The van der Waals surface area contributed by atoms with Gasteiger partial charge in [-0.2, -0.15) is 5.10 Å². The third-order valence-corrected chi connectivity index (χ3v) is 4.67. The van der Waals surface area contributed by atoms with Crippen molar-refractivity contribution in [2.75, 3.05) is 7.11 Å². The number of methoxy groups -OCH3 is 1. The van der Waals surface area contributed by atoms with Crippen molar-refractivity contribution >= 4 is 5.91 Å². The van der Waals surface area contributed by atoms with Gasteiger partial charge in [-0.05, 0) is 35.7 Å². The van der Waals surface area contributed by atoms with Crippen LogP contribution in [0.1, 0.15) is 33.8 Å². The summed E-state index contributed by atoms with van der Waals surface area (Å²) < 4.78 is 7.16. The lowest BCUT2D eigenvalue weighted by atomic mass is 10.1. The van der Waals surface area contributed by atoms with Crippen LogP contribution in [0, 0.1) is 0 Å². The lowest BCUT2D eigenvalue weighted by molar-refractivity contribution is 0.0950. The topological polar surface area (TPSA) is 69.0 Å². The lowest BCUT2D eigenvalue weighted by Crippen LogP contribution is -2.26. The number of benzene rings is 2. The molecule has 4 rings (SSSR count). The van der Waals surface area contributed by atoms with Crippen LogP contribution in [0.5, 0.6) is 5.75 Å². The summed E-state index contributed by atoms with van der Waals surface area (Å²) in [6, 6.07) is 15.7. The van der Waals surface area contributed by atoms with Crippen molar-refractivity contribution in [2.24, 2.45) is 0 Å². The fourth-order valence-electron chi connectivity index (χ4n) is 3.19. The van der Waals surface area contributed by atoms with Gasteiger partial charge in [0.05, 0.1) is 13.7 Å². The number of carbonyl (C=O) groups is 1. The molecule has 1 amide bonds. The number of hydrogen-bond donors (Lipinski definition) is 1. The summed E-state index contributed by atoms with van der Waals surface area (Å²) in [4.78, 5) is 16.4. The standard InChI is InChI=1S/C20H20N4O2/c1-26-19-5-3-2-4-16(19)17-10-18(17)23-20(25)15-8-6-14(7-9-15)11-24-13-21-12-22-24/h2-9,12-13,17-18H,10-11H2,1H3,(H,23,25)/t17-,18-/m1/s1. The molecule has 0 saturated heterocycles. The predicted octanol–water partition coefficient (Wildman–Crippen LogP) is 2.62. The van der Waals surface area contributed by atoms with E-state index in [1.165, 1.54) is 6.33 Å². The maximum atomic E-state index is 12.5.